The molecule has 0 bridgehead atoms. The first-order valence-corrected chi connectivity index (χ1v) is 5.80. The molecule has 2 rings (SSSR count). The van der Waals surface area contributed by atoms with Gasteiger partial charge in [-0.25, -0.2) is 0 Å². The first-order chi connectivity index (χ1) is 8.29. The molecule has 0 amide bonds. The molecule has 1 aliphatic rings. The number of rotatable bonds is 4. The Bertz CT molecular complexity index is 475. The number of hydrogen-bond acceptors (Lipinski definition) is 6. The number of hydrogen-bond donors (Lipinski definition) is 2. The van der Waals surface area contributed by atoms with Crippen molar-refractivity contribution in [1.29, 1.82) is 0 Å². The fraction of sp³-hybridized carbons (Fsp3) is 0.0909. The summed E-state index contributed by atoms with van der Waals surface area (Å²) in [4.78, 5) is 4.81. The molecule has 2 heterocycles. The van der Waals surface area contributed by atoms with Crippen molar-refractivity contribution < 1.29 is 10.4 Å². The number of thiophene rings is 1. The van der Waals surface area contributed by atoms with Crippen LogP contribution in [0.15, 0.2) is 51.7 Å². The Balaban J connectivity index is 2.03. The molecular formula is C11H11N3O2S. The largest absolute Gasteiger partial charge is 0.411 e. The summed E-state index contributed by atoms with van der Waals surface area (Å²) in [5, 5.41) is 24.6. The molecule has 0 aromatic carbocycles. The second-order valence-corrected chi connectivity index (χ2v) is 4.26. The van der Waals surface area contributed by atoms with Crippen molar-refractivity contribution in [2.24, 2.45) is 10.1 Å². The van der Waals surface area contributed by atoms with Gasteiger partial charge in [0.2, 0.25) is 0 Å². The highest BCUT2D eigenvalue weighted by Gasteiger charge is 2.09. The third kappa shape index (κ3) is 3.02. The molecule has 1 aromatic heterocycles. The topological polar surface area (TPSA) is 68.4 Å². The molecule has 0 unspecified atom stereocenters. The first-order valence-electron chi connectivity index (χ1n) is 4.92. The number of nitrogens with zero attached hydrogens (tertiary/aromatic N) is 3. The van der Waals surface area contributed by atoms with Crippen molar-refractivity contribution in [2.75, 3.05) is 6.54 Å². The first kappa shape index (κ1) is 11.6. The summed E-state index contributed by atoms with van der Waals surface area (Å²) < 4.78 is 0. The third-order valence-corrected chi connectivity index (χ3v) is 3.01. The van der Waals surface area contributed by atoms with Crippen LogP contribution in [0.2, 0.25) is 0 Å². The van der Waals surface area contributed by atoms with Crippen LogP contribution >= 0.6 is 11.3 Å². The Morgan fingerprint density at radius 1 is 1.59 bits per heavy atom. The van der Waals surface area contributed by atoms with Crippen LogP contribution in [0.5, 0.6) is 0 Å². The van der Waals surface area contributed by atoms with E-state index in [1.165, 1.54) is 17.5 Å². The summed E-state index contributed by atoms with van der Waals surface area (Å²) in [6.07, 6.45) is 6.66. The van der Waals surface area contributed by atoms with E-state index in [1.54, 1.807) is 18.4 Å². The van der Waals surface area contributed by atoms with Gasteiger partial charge in [-0.05, 0) is 23.6 Å². The monoisotopic (exact) mass is 249 g/mol. The summed E-state index contributed by atoms with van der Waals surface area (Å²) >= 11 is 1.45. The molecule has 1 aromatic rings. The molecule has 2 N–H and O–H groups in total. The minimum Gasteiger partial charge on any atom is -0.411 e. The van der Waals surface area contributed by atoms with Gasteiger partial charge in [0.25, 0.3) is 0 Å². The normalized spacial score (nSPS) is 17.0. The number of hydroxylamine groups is 2. The molecular weight excluding hydrogens is 238 g/mol. The van der Waals surface area contributed by atoms with E-state index in [4.69, 9.17) is 5.21 Å². The van der Waals surface area contributed by atoms with Gasteiger partial charge in [-0.1, -0.05) is 11.2 Å². The van der Waals surface area contributed by atoms with Crippen molar-refractivity contribution in [1.82, 2.24) is 5.06 Å². The van der Waals surface area contributed by atoms with Crippen molar-refractivity contribution in [3.05, 3.63) is 46.4 Å². The van der Waals surface area contributed by atoms with Crippen LogP contribution in [-0.2, 0) is 0 Å². The standard InChI is InChI=1S/C11H11N3O2S/c15-13-10(11-4-2-6-17-11)8-14(16)7-9-3-1-5-12-9/h1-7,15-16H,8H2/b9-7-,13-10-. The minimum absolute atomic E-state index is 0.101. The van der Waals surface area contributed by atoms with Gasteiger partial charge < -0.3 is 5.21 Å². The lowest BCUT2D eigenvalue weighted by atomic mass is 10.3. The van der Waals surface area contributed by atoms with E-state index in [9.17, 15) is 5.21 Å². The van der Waals surface area contributed by atoms with Crippen LogP contribution in [0, 0.1) is 0 Å². The van der Waals surface area contributed by atoms with E-state index in [2.05, 4.69) is 10.1 Å². The molecule has 0 fully saturated rings. The van der Waals surface area contributed by atoms with E-state index in [-0.39, 0.29) is 6.54 Å². The molecule has 88 valence electrons. The molecule has 0 atom stereocenters. The fourth-order valence-corrected chi connectivity index (χ4v) is 2.05. The lowest BCUT2D eigenvalue weighted by Gasteiger charge is -2.12. The maximum atomic E-state index is 9.67. The van der Waals surface area contributed by atoms with E-state index >= 15 is 0 Å². The smallest absolute Gasteiger partial charge is 0.119 e. The lowest BCUT2D eigenvalue weighted by molar-refractivity contribution is -0.0259. The van der Waals surface area contributed by atoms with Gasteiger partial charge in [0.05, 0.1) is 23.3 Å². The van der Waals surface area contributed by atoms with E-state index < -0.39 is 0 Å². The average Bonchev–Trinajstić information content (AvgIpc) is 2.97. The SMILES string of the molecule is O/N=C(/CN(O)/C=C1/C=CC=N1)c1cccs1. The molecule has 0 spiro atoms. The van der Waals surface area contributed by atoms with Gasteiger partial charge in [0.1, 0.15) is 5.71 Å². The summed E-state index contributed by atoms with van der Waals surface area (Å²) in [6.45, 7) is 0.101. The highest BCUT2D eigenvalue weighted by Crippen LogP contribution is 2.12. The Labute approximate surface area is 102 Å². The Kier molecular flexibility index (Phi) is 3.69. The Hall–Kier alpha value is -1.92. The molecule has 0 saturated carbocycles. The second-order valence-electron chi connectivity index (χ2n) is 3.31. The molecule has 6 heteroatoms. The van der Waals surface area contributed by atoms with Crippen molar-refractivity contribution >= 4 is 23.3 Å². The Morgan fingerprint density at radius 2 is 2.47 bits per heavy atom. The number of aliphatic imine (C=N–C) groups is 1. The van der Waals surface area contributed by atoms with Crippen LogP contribution < -0.4 is 0 Å². The van der Waals surface area contributed by atoms with Gasteiger partial charge in [-0.15, -0.1) is 11.3 Å². The predicted octanol–water partition coefficient (Wildman–Crippen LogP) is 2.10. The van der Waals surface area contributed by atoms with Crippen LogP contribution in [0.1, 0.15) is 4.88 Å². The van der Waals surface area contributed by atoms with Crippen LogP contribution in [-0.4, -0.2) is 33.9 Å². The van der Waals surface area contributed by atoms with Crippen molar-refractivity contribution in [2.45, 2.75) is 0 Å². The quantitative estimate of drug-likeness (QED) is 0.488. The summed E-state index contributed by atoms with van der Waals surface area (Å²) in [7, 11) is 0. The fourth-order valence-electron chi connectivity index (χ4n) is 1.34. The minimum atomic E-state index is 0.101. The number of oxime groups is 1. The molecule has 0 aliphatic carbocycles. The predicted molar refractivity (Wildman–Crippen MR) is 66.9 cm³/mol. The second kappa shape index (κ2) is 5.42. The zero-order valence-electron chi connectivity index (χ0n) is 8.89. The maximum absolute atomic E-state index is 9.67. The van der Waals surface area contributed by atoms with Gasteiger partial charge in [-0.2, -0.15) is 0 Å². The van der Waals surface area contributed by atoms with Gasteiger partial charge in [0, 0.05) is 6.21 Å². The maximum Gasteiger partial charge on any atom is 0.119 e. The number of allylic oxidation sites excluding steroid dienone is 2. The zero-order chi connectivity index (χ0) is 12.1. The summed E-state index contributed by atoms with van der Waals surface area (Å²) in [5.74, 6) is 0. The van der Waals surface area contributed by atoms with Gasteiger partial charge >= 0.3 is 0 Å². The van der Waals surface area contributed by atoms with Crippen LogP contribution in [0.3, 0.4) is 0 Å². The Morgan fingerprint density at radius 3 is 3.06 bits per heavy atom. The average molecular weight is 249 g/mol. The molecule has 1 aliphatic heterocycles. The molecule has 17 heavy (non-hydrogen) atoms. The van der Waals surface area contributed by atoms with Crippen molar-refractivity contribution in [3.63, 3.8) is 0 Å². The summed E-state index contributed by atoms with van der Waals surface area (Å²) in [5.41, 5.74) is 1.06. The van der Waals surface area contributed by atoms with E-state index in [0.717, 1.165) is 9.94 Å². The highest BCUT2D eigenvalue weighted by molar-refractivity contribution is 7.12. The molecule has 0 radical (unpaired) electrons. The molecule has 5 nitrogen and oxygen atoms in total. The molecule has 0 saturated heterocycles. The van der Waals surface area contributed by atoms with Gasteiger partial charge in [0.15, 0.2) is 0 Å². The zero-order valence-corrected chi connectivity index (χ0v) is 9.71. The van der Waals surface area contributed by atoms with E-state index in [0.29, 0.717) is 11.4 Å². The summed E-state index contributed by atoms with van der Waals surface area (Å²) in [6, 6.07) is 3.68. The third-order valence-electron chi connectivity index (χ3n) is 2.10. The van der Waals surface area contributed by atoms with Crippen molar-refractivity contribution in [3.8, 4) is 0 Å². The van der Waals surface area contributed by atoms with Gasteiger partial charge in [-0.3, -0.25) is 15.3 Å². The van der Waals surface area contributed by atoms with Crippen LogP contribution in [0.4, 0.5) is 0 Å². The highest BCUT2D eigenvalue weighted by atomic mass is 32.1. The lowest BCUT2D eigenvalue weighted by Crippen LogP contribution is -2.22. The van der Waals surface area contributed by atoms with E-state index in [1.807, 2.05) is 17.5 Å². The van der Waals surface area contributed by atoms with Crippen LogP contribution in [0.25, 0.3) is 0 Å².